The van der Waals surface area contributed by atoms with Gasteiger partial charge in [0, 0.05) is 25.3 Å². The van der Waals surface area contributed by atoms with Crippen molar-refractivity contribution in [1.82, 2.24) is 9.55 Å². The number of nitrogen functional groups attached to an aromatic ring is 1. The van der Waals surface area contributed by atoms with Gasteiger partial charge in [0.05, 0.1) is 13.7 Å². The molecule has 3 rings (SSSR count). The molecule has 0 saturated carbocycles. The summed E-state index contributed by atoms with van der Waals surface area (Å²) in [6.45, 7) is 5.07. The van der Waals surface area contributed by atoms with Crippen LogP contribution in [0.5, 0.6) is 5.75 Å². The Morgan fingerprint density at radius 3 is 2.33 bits per heavy atom. The lowest BCUT2D eigenvalue weighted by molar-refractivity contribution is -0.117. The van der Waals surface area contributed by atoms with Crippen molar-refractivity contribution in [1.29, 1.82) is 0 Å². The highest BCUT2D eigenvalue weighted by atomic mass is 16.5. The molecule has 36 heavy (non-hydrogen) atoms. The van der Waals surface area contributed by atoms with Gasteiger partial charge in [0.25, 0.3) is 5.56 Å². The molecule has 0 spiro atoms. The Bertz CT molecular complexity index is 1250. The molecule has 3 aromatic rings. The number of nitrogens with zero attached hydrogens (tertiary/aromatic N) is 3. The molecule has 0 radical (unpaired) electrons. The summed E-state index contributed by atoms with van der Waals surface area (Å²) in [5.41, 5.74) is 6.96. The fraction of sp³-hybridized carbons (Fsp3) is 0.370. The number of nitrogens with two attached hydrogens (primary N) is 1. The van der Waals surface area contributed by atoms with Crippen LogP contribution >= 0.6 is 0 Å². The molecule has 9 heteroatoms. The number of methoxy groups -OCH3 is 1. The van der Waals surface area contributed by atoms with Gasteiger partial charge in [0.2, 0.25) is 5.91 Å². The van der Waals surface area contributed by atoms with Gasteiger partial charge in [-0.05, 0) is 42.7 Å². The van der Waals surface area contributed by atoms with E-state index in [1.807, 2.05) is 73.3 Å². The molecule has 0 unspecified atom stereocenters. The minimum Gasteiger partial charge on any atom is -0.497 e. The molecule has 192 valence electrons. The molecular formula is C27H35N5O4. The normalized spacial score (nSPS) is 10.8. The SMILES string of the molecule is CCCCN(C(=O)CN(Cc1ccccc1)c1ccc(OC)cc1)c1c(N)n(CCC)c(=O)[nH]c1=O. The molecule has 0 aliphatic carbocycles. The molecule has 0 bridgehead atoms. The largest absolute Gasteiger partial charge is 0.497 e. The van der Waals surface area contributed by atoms with Crippen molar-refractivity contribution in [3.8, 4) is 5.75 Å². The van der Waals surface area contributed by atoms with E-state index in [1.54, 1.807) is 7.11 Å². The van der Waals surface area contributed by atoms with Crippen molar-refractivity contribution >= 4 is 23.1 Å². The van der Waals surface area contributed by atoms with Crippen molar-refractivity contribution in [2.45, 2.75) is 46.2 Å². The number of nitrogens with one attached hydrogen (secondary N) is 1. The first kappa shape index (κ1) is 26.6. The third-order valence-corrected chi connectivity index (χ3v) is 5.95. The zero-order chi connectivity index (χ0) is 26.1. The number of hydrogen-bond acceptors (Lipinski definition) is 6. The molecule has 0 saturated heterocycles. The van der Waals surface area contributed by atoms with Crippen molar-refractivity contribution < 1.29 is 9.53 Å². The molecule has 2 aromatic carbocycles. The zero-order valence-corrected chi connectivity index (χ0v) is 21.2. The molecule has 9 nitrogen and oxygen atoms in total. The quantitative estimate of drug-likeness (QED) is 0.400. The molecule has 0 atom stereocenters. The highest BCUT2D eigenvalue weighted by molar-refractivity contribution is 5.98. The minimum absolute atomic E-state index is 0.00844. The number of hydrogen-bond donors (Lipinski definition) is 2. The maximum atomic E-state index is 13.8. The highest BCUT2D eigenvalue weighted by Crippen LogP contribution is 2.23. The van der Waals surface area contributed by atoms with Crippen LogP contribution in [0.3, 0.4) is 0 Å². The van der Waals surface area contributed by atoms with Gasteiger partial charge in [-0.25, -0.2) is 4.79 Å². The Morgan fingerprint density at radius 1 is 1.03 bits per heavy atom. The van der Waals surface area contributed by atoms with Gasteiger partial charge in [-0.15, -0.1) is 0 Å². The van der Waals surface area contributed by atoms with E-state index >= 15 is 0 Å². The molecule has 1 aromatic heterocycles. The first-order chi connectivity index (χ1) is 17.4. The number of rotatable bonds is 12. The van der Waals surface area contributed by atoms with Crippen LogP contribution in [0.4, 0.5) is 17.2 Å². The maximum absolute atomic E-state index is 13.8. The number of amides is 1. The topological polar surface area (TPSA) is 114 Å². The summed E-state index contributed by atoms with van der Waals surface area (Å²) in [6, 6.07) is 17.3. The van der Waals surface area contributed by atoms with Gasteiger partial charge in [-0.1, -0.05) is 50.6 Å². The van der Waals surface area contributed by atoms with E-state index in [0.717, 1.165) is 17.7 Å². The van der Waals surface area contributed by atoms with Crippen LogP contribution in [-0.4, -0.2) is 35.7 Å². The molecule has 3 N–H and O–H groups in total. The van der Waals surface area contributed by atoms with E-state index in [2.05, 4.69) is 4.98 Å². The molecule has 1 amide bonds. The van der Waals surface area contributed by atoms with Crippen LogP contribution in [0.1, 0.15) is 38.7 Å². The first-order valence-electron chi connectivity index (χ1n) is 12.2. The van der Waals surface area contributed by atoms with Crippen LogP contribution in [0.15, 0.2) is 64.2 Å². The lowest BCUT2D eigenvalue weighted by Crippen LogP contribution is -2.45. The van der Waals surface area contributed by atoms with Gasteiger partial charge in [-0.2, -0.15) is 0 Å². The Morgan fingerprint density at radius 2 is 1.72 bits per heavy atom. The van der Waals surface area contributed by atoms with E-state index in [1.165, 1.54) is 9.47 Å². The van der Waals surface area contributed by atoms with Crippen molar-refractivity contribution in [3.05, 3.63) is 81.0 Å². The first-order valence-corrected chi connectivity index (χ1v) is 12.2. The van der Waals surface area contributed by atoms with Crippen LogP contribution in [0.25, 0.3) is 0 Å². The maximum Gasteiger partial charge on any atom is 0.330 e. The average molecular weight is 494 g/mol. The van der Waals surface area contributed by atoms with Gasteiger partial charge in [0.15, 0.2) is 5.69 Å². The van der Waals surface area contributed by atoms with E-state index in [9.17, 15) is 14.4 Å². The molecular weight excluding hydrogens is 458 g/mol. The van der Waals surface area contributed by atoms with Gasteiger partial charge in [0.1, 0.15) is 11.6 Å². The summed E-state index contributed by atoms with van der Waals surface area (Å²) in [7, 11) is 1.60. The van der Waals surface area contributed by atoms with Crippen LogP contribution in [-0.2, 0) is 17.9 Å². The van der Waals surface area contributed by atoms with Gasteiger partial charge >= 0.3 is 5.69 Å². The Labute approximate surface area is 211 Å². The van der Waals surface area contributed by atoms with Crippen LogP contribution in [0, 0.1) is 0 Å². The average Bonchev–Trinajstić information content (AvgIpc) is 2.88. The smallest absolute Gasteiger partial charge is 0.330 e. The number of aromatic nitrogens is 2. The van der Waals surface area contributed by atoms with Crippen molar-refractivity contribution in [3.63, 3.8) is 0 Å². The third-order valence-electron chi connectivity index (χ3n) is 5.95. The predicted octanol–water partition coefficient (Wildman–Crippen LogP) is 3.38. The lowest BCUT2D eigenvalue weighted by atomic mass is 10.2. The highest BCUT2D eigenvalue weighted by Gasteiger charge is 2.25. The monoisotopic (exact) mass is 493 g/mol. The molecule has 0 fully saturated rings. The standard InChI is InChI=1S/C27H35N5O4/c1-4-6-17-31(24-25(28)32(16-5-2)27(35)29-26(24)34)23(33)19-30(18-20-10-8-7-9-11-20)21-12-14-22(36-3)15-13-21/h7-15H,4-6,16-19,28H2,1-3H3,(H,29,34,35). The number of aromatic amines is 1. The zero-order valence-electron chi connectivity index (χ0n) is 21.2. The number of ether oxygens (including phenoxy) is 1. The number of anilines is 3. The number of H-pyrrole nitrogens is 1. The number of benzene rings is 2. The van der Waals surface area contributed by atoms with E-state index in [0.29, 0.717) is 38.2 Å². The molecule has 0 aliphatic heterocycles. The van der Waals surface area contributed by atoms with Crippen LogP contribution < -0.4 is 31.5 Å². The Balaban J connectivity index is 2.00. The predicted molar refractivity (Wildman–Crippen MR) is 144 cm³/mol. The Kier molecular flexibility index (Phi) is 9.32. The third kappa shape index (κ3) is 6.35. The van der Waals surface area contributed by atoms with Crippen LogP contribution in [0.2, 0.25) is 0 Å². The lowest BCUT2D eigenvalue weighted by Gasteiger charge is -2.29. The number of unbranched alkanes of at least 4 members (excludes halogenated alkanes) is 1. The van der Waals surface area contributed by atoms with E-state index in [4.69, 9.17) is 10.5 Å². The van der Waals surface area contributed by atoms with Crippen molar-refractivity contribution in [2.24, 2.45) is 0 Å². The fourth-order valence-corrected chi connectivity index (χ4v) is 4.05. The summed E-state index contributed by atoms with van der Waals surface area (Å²) < 4.78 is 6.60. The van der Waals surface area contributed by atoms with Gasteiger partial charge in [-0.3, -0.25) is 19.1 Å². The second kappa shape index (κ2) is 12.6. The second-order valence-corrected chi connectivity index (χ2v) is 8.58. The number of carbonyl (C=O) groups is 1. The fourth-order valence-electron chi connectivity index (χ4n) is 4.05. The Hall–Kier alpha value is -4.01. The molecule has 0 aliphatic rings. The summed E-state index contributed by atoms with van der Waals surface area (Å²) in [5, 5.41) is 0. The summed E-state index contributed by atoms with van der Waals surface area (Å²) in [6.07, 6.45) is 2.15. The molecule has 1 heterocycles. The summed E-state index contributed by atoms with van der Waals surface area (Å²) in [5.74, 6) is 0.440. The summed E-state index contributed by atoms with van der Waals surface area (Å²) >= 11 is 0. The van der Waals surface area contributed by atoms with Crippen molar-refractivity contribution in [2.75, 3.05) is 35.7 Å². The van der Waals surface area contributed by atoms with E-state index < -0.39 is 11.2 Å². The van der Waals surface area contributed by atoms with E-state index in [-0.39, 0.29) is 24.0 Å². The van der Waals surface area contributed by atoms with Gasteiger partial charge < -0.3 is 20.3 Å². The number of carbonyl (C=O) groups excluding carboxylic acids is 1. The second-order valence-electron chi connectivity index (χ2n) is 8.58. The summed E-state index contributed by atoms with van der Waals surface area (Å²) in [4.78, 5) is 44.7. The minimum atomic E-state index is -0.659.